The van der Waals surface area contributed by atoms with E-state index < -0.39 is 9.84 Å². The smallest absolute Gasteiger partial charge is 0.150 e. The molecule has 4 nitrogen and oxygen atoms in total. The molecule has 0 aliphatic carbocycles. The van der Waals surface area contributed by atoms with Crippen molar-refractivity contribution in [1.82, 2.24) is 5.32 Å². The number of hydrogen-bond donors (Lipinski definition) is 2. The summed E-state index contributed by atoms with van der Waals surface area (Å²) in [6, 6.07) is 7.36. The third kappa shape index (κ3) is 3.71. The second-order valence-electron chi connectivity index (χ2n) is 4.48. The van der Waals surface area contributed by atoms with Gasteiger partial charge >= 0.3 is 0 Å². The summed E-state index contributed by atoms with van der Waals surface area (Å²) in [6.45, 7) is 0.666. The van der Waals surface area contributed by atoms with Crippen molar-refractivity contribution in [3.05, 3.63) is 29.8 Å². The predicted octanol–water partition coefficient (Wildman–Crippen LogP) is 1.06. The van der Waals surface area contributed by atoms with Crippen molar-refractivity contribution in [3.8, 4) is 5.75 Å². The van der Waals surface area contributed by atoms with Gasteiger partial charge in [-0.15, -0.1) is 0 Å². The lowest BCUT2D eigenvalue weighted by atomic mass is 10.1. The number of rotatable bonds is 3. The third-order valence-electron chi connectivity index (χ3n) is 3.06. The maximum atomic E-state index is 11.3. The molecule has 1 saturated heterocycles. The Labute approximate surface area is 102 Å². The Bertz CT molecular complexity index is 470. The van der Waals surface area contributed by atoms with E-state index in [1.165, 1.54) is 0 Å². The van der Waals surface area contributed by atoms with E-state index in [2.05, 4.69) is 5.32 Å². The summed E-state index contributed by atoms with van der Waals surface area (Å²) in [5, 5.41) is 12.6. The molecule has 5 heteroatoms. The lowest BCUT2D eigenvalue weighted by molar-refractivity contribution is 0.458. The van der Waals surface area contributed by atoms with Crippen LogP contribution in [0.4, 0.5) is 0 Å². The highest BCUT2D eigenvalue weighted by atomic mass is 32.2. The molecular weight excluding hydrogens is 238 g/mol. The fraction of sp³-hybridized carbons (Fsp3) is 0.500. The molecule has 0 radical (unpaired) electrons. The van der Waals surface area contributed by atoms with Crippen LogP contribution in [0.3, 0.4) is 0 Å². The zero-order chi connectivity index (χ0) is 12.3. The molecule has 0 aromatic heterocycles. The van der Waals surface area contributed by atoms with Crippen LogP contribution in [0.15, 0.2) is 24.3 Å². The van der Waals surface area contributed by atoms with Crippen LogP contribution in [-0.2, 0) is 16.4 Å². The van der Waals surface area contributed by atoms with Crippen molar-refractivity contribution < 1.29 is 13.5 Å². The zero-order valence-corrected chi connectivity index (χ0v) is 10.4. The summed E-state index contributed by atoms with van der Waals surface area (Å²) >= 11 is 0. The van der Waals surface area contributed by atoms with Crippen LogP contribution in [-0.4, -0.2) is 31.1 Å². The van der Waals surface area contributed by atoms with Crippen LogP contribution < -0.4 is 5.32 Å². The standard InChI is InChI=1S/C12H17NO3S/c14-12-3-1-2-10(8-12)9-13-11-4-6-17(15,16)7-5-11/h1-3,8,11,13-14H,4-7,9H2. The van der Waals surface area contributed by atoms with E-state index >= 15 is 0 Å². The predicted molar refractivity (Wildman–Crippen MR) is 66.6 cm³/mol. The lowest BCUT2D eigenvalue weighted by Crippen LogP contribution is -2.37. The largest absolute Gasteiger partial charge is 0.508 e. The Morgan fingerprint density at radius 1 is 1.29 bits per heavy atom. The molecule has 0 bridgehead atoms. The Kier molecular flexibility index (Phi) is 3.69. The molecule has 0 unspecified atom stereocenters. The van der Waals surface area contributed by atoms with Crippen molar-refractivity contribution in [2.45, 2.75) is 25.4 Å². The molecule has 1 aliphatic heterocycles. The minimum Gasteiger partial charge on any atom is -0.508 e. The maximum absolute atomic E-state index is 11.3. The highest BCUT2D eigenvalue weighted by Crippen LogP contribution is 2.14. The highest BCUT2D eigenvalue weighted by Gasteiger charge is 2.22. The van der Waals surface area contributed by atoms with Crippen molar-refractivity contribution in [2.75, 3.05) is 11.5 Å². The summed E-state index contributed by atoms with van der Waals surface area (Å²) in [5.41, 5.74) is 1.01. The summed E-state index contributed by atoms with van der Waals surface area (Å²) in [6.07, 6.45) is 1.36. The molecule has 0 spiro atoms. The summed E-state index contributed by atoms with van der Waals surface area (Å²) in [4.78, 5) is 0. The van der Waals surface area contributed by atoms with E-state index in [0.29, 0.717) is 19.4 Å². The zero-order valence-electron chi connectivity index (χ0n) is 9.59. The number of phenols is 1. The van der Waals surface area contributed by atoms with Gasteiger partial charge in [-0.05, 0) is 30.5 Å². The number of phenolic OH excluding ortho intramolecular Hbond substituents is 1. The molecule has 94 valence electrons. The van der Waals surface area contributed by atoms with E-state index in [4.69, 9.17) is 0 Å². The first-order chi connectivity index (χ1) is 8.05. The van der Waals surface area contributed by atoms with Gasteiger partial charge in [0.1, 0.15) is 15.6 Å². The van der Waals surface area contributed by atoms with E-state index in [1.807, 2.05) is 6.07 Å². The van der Waals surface area contributed by atoms with Gasteiger partial charge in [0.05, 0.1) is 11.5 Å². The fourth-order valence-electron chi connectivity index (χ4n) is 2.02. The van der Waals surface area contributed by atoms with Crippen LogP contribution in [0.2, 0.25) is 0 Å². The normalized spacial score (nSPS) is 20.2. The molecule has 0 saturated carbocycles. The average Bonchev–Trinajstić information content (AvgIpc) is 2.28. The summed E-state index contributed by atoms with van der Waals surface area (Å²) in [5.74, 6) is 0.825. The quantitative estimate of drug-likeness (QED) is 0.847. The van der Waals surface area contributed by atoms with Gasteiger partial charge in [-0.3, -0.25) is 0 Å². The van der Waals surface area contributed by atoms with Gasteiger partial charge in [-0.1, -0.05) is 12.1 Å². The maximum Gasteiger partial charge on any atom is 0.150 e. The first kappa shape index (κ1) is 12.4. The SMILES string of the molecule is O=S1(=O)CCC(NCc2cccc(O)c2)CC1. The summed E-state index contributed by atoms with van der Waals surface area (Å²) < 4.78 is 22.5. The number of nitrogens with one attached hydrogen (secondary N) is 1. The molecule has 1 fully saturated rings. The fourth-order valence-corrected chi connectivity index (χ4v) is 3.51. The Balaban J connectivity index is 1.84. The van der Waals surface area contributed by atoms with Crippen molar-refractivity contribution >= 4 is 9.84 Å². The molecule has 2 N–H and O–H groups in total. The lowest BCUT2D eigenvalue weighted by Gasteiger charge is -2.23. The minimum atomic E-state index is -2.79. The number of benzene rings is 1. The van der Waals surface area contributed by atoms with Gasteiger partial charge in [-0.2, -0.15) is 0 Å². The topological polar surface area (TPSA) is 66.4 Å². The Morgan fingerprint density at radius 2 is 2.00 bits per heavy atom. The van der Waals surface area contributed by atoms with Gasteiger partial charge in [0.2, 0.25) is 0 Å². The number of aromatic hydroxyl groups is 1. The van der Waals surface area contributed by atoms with Gasteiger partial charge in [0, 0.05) is 12.6 Å². The van der Waals surface area contributed by atoms with E-state index in [-0.39, 0.29) is 23.3 Å². The van der Waals surface area contributed by atoms with Crippen molar-refractivity contribution in [2.24, 2.45) is 0 Å². The number of sulfone groups is 1. The van der Waals surface area contributed by atoms with Crippen LogP contribution in [0.25, 0.3) is 0 Å². The van der Waals surface area contributed by atoms with Crippen LogP contribution in [0.5, 0.6) is 5.75 Å². The molecule has 1 aromatic rings. The Hall–Kier alpha value is -1.07. The van der Waals surface area contributed by atoms with E-state index in [0.717, 1.165) is 5.56 Å². The molecule has 2 rings (SSSR count). The van der Waals surface area contributed by atoms with Crippen LogP contribution in [0, 0.1) is 0 Å². The van der Waals surface area contributed by atoms with E-state index in [1.54, 1.807) is 18.2 Å². The monoisotopic (exact) mass is 255 g/mol. The van der Waals surface area contributed by atoms with Crippen molar-refractivity contribution in [1.29, 1.82) is 0 Å². The average molecular weight is 255 g/mol. The number of hydrogen-bond acceptors (Lipinski definition) is 4. The van der Waals surface area contributed by atoms with Gasteiger partial charge in [0.15, 0.2) is 0 Å². The highest BCUT2D eigenvalue weighted by molar-refractivity contribution is 7.91. The molecule has 1 aromatic carbocycles. The summed E-state index contributed by atoms with van der Waals surface area (Å²) in [7, 11) is -2.79. The second-order valence-corrected chi connectivity index (χ2v) is 6.78. The molecule has 0 amide bonds. The third-order valence-corrected chi connectivity index (χ3v) is 4.78. The molecule has 1 aliphatic rings. The second kappa shape index (κ2) is 5.06. The van der Waals surface area contributed by atoms with Gasteiger partial charge in [-0.25, -0.2) is 8.42 Å². The Morgan fingerprint density at radius 3 is 2.65 bits per heavy atom. The molecule has 17 heavy (non-hydrogen) atoms. The van der Waals surface area contributed by atoms with Crippen LogP contribution in [0.1, 0.15) is 18.4 Å². The minimum absolute atomic E-state index is 0.260. The van der Waals surface area contributed by atoms with Crippen LogP contribution >= 0.6 is 0 Å². The molecular formula is C12H17NO3S. The van der Waals surface area contributed by atoms with Crippen molar-refractivity contribution in [3.63, 3.8) is 0 Å². The molecule has 1 heterocycles. The van der Waals surface area contributed by atoms with Gasteiger partial charge in [0.25, 0.3) is 0 Å². The van der Waals surface area contributed by atoms with E-state index in [9.17, 15) is 13.5 Å². The van der Waals surface area contributed by atoms with Gasteiger partial charge < -0.3 is 10.4 Å². The molecule has 0 atom stereocenters. The first-order valence-electron chi connectivity index (χ1n) is 5.77. The first-order valence-corrected chi connectivity index (χ1v) is 7.59.